The summed E-state index contributed by atoms with van der Waals surface area (Å²) in [4.78, 5) is 0.273. The van der Waals surface area contributed by atoms with Gasteiger partial charge in [-0.15, -0.1) is 0 Å². The normalized spacial score (nSPS) is 17.5. The van der Waals surface area contributed by atoms with Crippen molar-refractivity contribution in [1.29, 1.82) is 0 Å². The van der Waals surface area contributed by atoms with E-state index in [0.29, 0.717) is 17.0 Å². The largest absolute Gasteiger partial charge is 0.392 e. The predicted molar refractivity (Wildman–Crippen MR) is 74.3 cm³/mol. The molecule has 1 aromatic carbocycles. The van der Waals surface area contributed by atoms with Crippen molar-refractivity contribution in [3.05, 3.63) is 28.8 Å². The summed E-state index contributed by atoms with van der Waals surface area (Å²) >= 11 is 0. The maximum absolute atomic E-state index is 12.4. The Labute approximate surface area is 114 Å². The number of hydrogen-bond acceptors (Lipinski definition) is 3. The lowest BCUT2D eigenvalue weighted by molar-refractivity contribution is 0.280. The van der Waals surface area contributed by atoms with Crippen LogP contribution < -0.4 is 4.72 Å². The lowest BCUT2D eigenvalue weighted by atomic mass is 10.1. The van der Waals surface area contributed by atoms with Crippen LogP contribution in [0.5, 0.6) is 0 Å². The molecule has 0 radical (unpaired) electrons. The quantitative estimate of drug-likeness (QED) is 0.867. The SMILES string of the molecule is Cc1cc(C)c(S(=O)(=O)NC(C)C2CC2)cc1CO. The van der Waals surface area contributed by atoms with E-state index in [-0.39, 0.29) is 17.5 Å². The standard InChI is InChI=1S/C14H21NO3S/c1-9-6-10(2)14(7-13(9)8-16)19(17,18)15-11(3)12-4-5-12/h6-7,11-12,15-16H,4-5,8H2,1-3H3. The summed E-state index contributed by atoms with van der Waals surface area (Å²) in [5.74, 6) is 0.470. The van der Waals surface area contributed by atoms with E-state index >= 15 is 0 Å². The van der Waals surface area contributed by atoms with Crippen LogP contribution in [0, 0.1) is 19.8 Å². The summed E-state index contributed by atoms with van der Waals surface area (Å²) in [5.41, 5.74) is 2.28. The van der Waals surface area contributed by atoms with Gasteiger partial charge in [0.15, 0.2) is 0 Å². The van der Waals surface area contributed by atoms with E-state index in [2.05, 4.69) is 4.72 Å². The molecule has 1 unspecified atom stereocenters. The maximum atomic E-state index is 12.4. The third-order valence-electron chi connectivity index (χ3n) is 3.76. The lowest BCUT2D eigenvalue weighted by Crippen LogP contribution is -2.34. The van der Waals surface area contributed by atoms with E-state index < -0.39 is 10.0 Å². The van der Waals surface area contributed by atoms with Crippen molar-refractivity contribution < 1.29 is 13.5 Å². The van der Waals surface area contributed by atoms with Gasteiger partial charge in [0, 0.05) is 6.04 Å². The number of sulfonamides is 1. The molecule has 5 heteroatoms. The minimum Gasteiger partial charge on any atom is -0.392 e. The molecule has 1 fully saturated rings. The van der Waals surface area contributed by atoms with Crippen molar-refractivity contribution >= 4 is 10.0 Å². The summed E-state index contributed by atoms with van der Waals surface area (Å²) < 4.78 is 27.5. The second kappa shape index (κ2) is 5.23. The molecule has 0 saturated heterocycles. The first-order valence-corrected chi connectivity index (χ1v) is 8.07. The van der Waals surface area contributed by atoms with Gasteiger partial charge < -0.3 is 5.11 Å². The Morgan fingerprint density at radius 2 is 1.95 bits per heavy atom. The van der Waals surface area contributed by atoms with Gasteiger partial charge in [0.05, 0.1) is 11.5 Å². The number of aliphatic hydroxyl groups excluding tert-OH is 1. The number of aryl methyl sites for hydroxylation is 2. The molecule has 0 bridgehead atoms. The lowest BCUT2D eigenvalue weighted by Gasteiger charge is -2.16. The molecule has 1 aromatic rings. The second-order valence-electron chi connectivity index (χ2n) is 5.45. The van der Waals surface area contributed by atoms with E-state index in [9.17, 15) is 13.5 Å². The maximum Gasteiger partial charge on any atom is 0.241 e. The van der Waals surface area contributed by atoms with Crippen LogP contribution >= 0.6 is 0 Å². The highest BCUT2D eigenvalue weighted by molar-refractivity contribution is 7.89. The van der Waals surface area contributed by atoms with Crippen LogP contribution in [-0.2, 0) is 16.6 Å². The molecule has 2 N–H and O–H groups in total. The van der Waals surface area contributed by atoms with Gasteiger partial charge in [-0.05, 0) is 62.3 Å². The summed E-state index contributed by atoms with van der Waals surface area (Å²) in [6, 6.07) is 3.36. The van der Waals surface area contributed by atoms with Gasteiger partial charge in [-0.2, -0.15) is 0 Å². The zero-order chi connectivity index (χ0) is 14.2. The van der Waals surface area contributed by atoms with E-state index in [1.807, 2.05) is 19.9 Å². The van der Waals surface area contributed by atoms with Crippen LogP contribution in [0.4, 0.5) is 0 Å². The van der Waals surface area contributed by atoms with E-state index in [4.69, 9.17) is 0 Å². The van der Waals surface area contributed by atoms with Crippen LogP contribution in [0.3, 0.4) is 0 Å². The molecule has 1 aliphatic carbocycles. The Bertz CT molecular complexity index is 577. The number of nitrogens with one attached hydrogen (secondary N) is 1. The van der Waals surface area contributed by atoms with Crippen LogP contribution in [0.15, 0.2) is 17.0 Å². The van der Waals surface area contributed by atoms with E-state index in [0.717, 1.165) is 18.4 Å². The average molecular weight is 283 g/mol. The van der Waals surface area contributed by atoms with Crippen molar-refractivity contribution in [1.82, 2.24) is 4.72 Å². The van der Waals surface area contributed by atoms with Crippen LogP contribution in [0.2, 0.25) is 0 Å². The van der Waals surface area contributed by atoms with Crippen LogP contribution in [0.25, 0.3) is 0 Å². The summed E-state index contributed by atoms with van der Waals surface area (Å²) in [5, 5.41) is 9.26. The van der Waals surface area contributed by atoms with Gasteiger partial charge in [-0.3, -0.25) is 0 Å². The van der Waals surface area contributed by atoms with Crippen molar-refractivity contribution in [3.8, 4) is 0 Å². The Morgan fingerprint density at radius 1 is 1.32 bits per heavy atom. The van der Waals surface area contributed by atoms with Crippen molar-refractivity contribution in [2.75, 3.05) is 0 Å². The molecule has 0 aliphatic heterocycles. The first-order valence-electron chi connectivity index (χ1n) is 6.58. The average Bonchev–Trinajstić information content (AvgIpc) is 3.11. The highest BCUT2D eigenvalue weighted by Gasteiger charge is 2.31. The molecule has 19 heavy (non-hydrogen) atoms. The number of benzene rings is 1. The second-order valence-corrected chi connectivity index (χ2v) is 7.13. The molecule has 106 valence electrons. The van der Waals surface area contributed by atoms with Crippen molar-refractivity contribution in [2.45, 2.75) is 51.2 Å². The summed E-state index contributed by atoms with van der Waals surface area (Å²) in [6.45, 7) is 5.41. The molecular weight excluding hydrogens is 262 g/mol. The zero-order valence-corrected chi connectivity index (χ0v) is 12.4. The predicted octanol–water partition coefficient (Wildman–Crippen LogP) is 1.87. The molecule has 2 rings (SSSR count). The first-order chi connectivity index (χ1) is 8.85. The molecule has 0 spiro atoms. The molecule has 1 saturated carbocycles. The topological polar surface area (TPSA) is 66.4 Å². The van der Waals surface area contributed by atoms with Gasteiger partial charge in [-0.25, -0.2) is 13.1 Å². The molecule has 0 heterocycles. The third kappa shape index (κ3) is 3.16. The minimum atomic E-state index is -3.51. The number of hydrogen-bond donors (Lipinski definition) is 2. The van der Waals surface area contributed by atoms with E-state index in [1.165, 1.54) is 0 Å². The monoisotopic (exact) mass is 283 g/mol. The van der Waals surface area contributed by atoms with Gasteiger partial charge in [0.1, 0.15) is 0 Å². The highest BCUT2D eigenvalue weighted by atomic mass is 32.2. The van der Waals surface area contributed by atoms with Crippen molar-refractivity contribution in [2.24, 2.45) is 5.92 Å². The Morgan fingerprint density at radius 3 is 2.47 bits per heavy atom. The zero-order valence-electron chi connectivity index (χ0n) is 11.6. The Kier molecular flexibility index (Phi) is 3.99. The fraction of sp³-hybridized carbons (Fsp3) is 0.571. The molecule has 4 nitrogen and oxygen atoms in total. The summed E-state index contributed by atoms with van der Waals surface area (Å²) in [7, 11) is -3.51. The summed E-state index contributed by atoms with van der Waals surface area (Å²) in [6.07, 6.45) is 2.19. The number of aliphatic hydroxyl groups is 1. The highest BCUT2D eigenvalue weighted by Crippen LogP contribution is 2.33. The van der Waals surface area contributed by atoms with Gasteiger partial charge >= 0.3 is 0 Å². The minimum absolute atomic E-state index is 0.0247. The fourth-order valence-corrected chi connectivity index (χ4v) is 3.92. The van der Waals surface area contributed by atoms with Gasteiger partial charge in [-0.1, -0.05) is 6.07 Å². The molecule has 1 aliphatic rings. The van der Waals surface area contributed by atoms with Gasteiger partial charge in [0.2, 0.25) is 10.0 Å². The van der Waals surface area contributed by atoms with Gasteiger partial charge in [0.25, 0.3) is 0 Å². The smallest absolute Gasteiger partial charge is 0.241 e. The third-order valence-corrected chi connectivity index (χ3v) is 5.46. The first kappa shape index (κ1) is 14.5. The Hall–Kier alpha value is -0.910. The fourth-order valence-electron chi connectivity index (χ4n) is 2.34. The number of rotatable bonds is 5. The Balaban J connectivity index is 2.33. The molecular formula is C14H21NO3S. The molecule has 0 aromatic heterocycles. The molecule has 0 amide bonds. The van der Waals surface area contributed by atoms with Crippen LogP contribution in [-0.4, -0.2) is 19.6 Å². The molecule has 1 atom stereocenters. The van der Waals surface area contributed by atoms with E-state index in [1.54, 1.807) is 13.0 Å². The van der Waals surface area contributed by atoms with Crippen LogP contribution in [0.1, 0.15) is 36.5 Å². The van der Waals surface area contributed by atoms with Crippen molar-refractivity contribution in [3.63, 3.8) is 0 Å².